The number of anilines is 1. The van der Waals surface area contributed by atoms with Gasteiger partial charge in [0.15, 0.2) is 0 Å². The zero-order valence-electron chi connectivity index (χ0n) is 14.9. The van der Waals surface area contributed by atoms with Gasteiger partial charge >= 0.3 is 0 Å². The fraction of sp³-hybridized carbons (Fsp3) is 0.350. The van der Waals surface area contributed by atoms with E-state index in [0.29, 0.717) is 28.3 Å². The molecule has 5 nitrogen and oxygen atoms in total. The Kier molecular flexibility index (Phi) is 3.60. The average molecular weight is 335 g/mol. The summed E-state index contributed by atoms with van der Waals surface area (Å²) in [5.74, 6) is 0.292. The highest BCUT2D eigenvalue weighted by Crippen LogP contribution is 2.40. The van der Waals surface area contributed by atoms with Crippen molar-refractivity contribution >= 4 is 22.7 Å². The fourth-order valence-electron chi connectivity index (χ4n) is 3.44. The molecular formula is C20H21N3O2. The lowest BCUT2D eigenvalue weighted by Gasteiger charge is -2.13. The predicted octanol–water partition coefficient (Wildman–Crippen LogP) is 4.59. The van der Waals surface area contributed by atoms with Crippen molar-refractivity contribution in [1.82, 2.24) is 10.1 Å². The zero-order valence-corrected chi connectivity index (χ0v) is 14.9. The number of aromatic nitrogens is 2. The van der Waals surface area contributed by atoms with Gasteiger partial charge in [-0.15, -0.1) is 0 Å². The summed E-state index contributed by atoms with van der Waals surface area (Å²) in [6.07, 6.45) is 2.23. The van der Waals surface area contributed by atoms with Crippen molar-refractivity contribution < 1.29 is 9.32 Å². The van der Waals surface area contributed by atoms with Gasteiger partial charge in [0.25, 0.3) is 11.6 Å². The molecule has 25 heavy (non-hydrogen) atoms. The lowest BCUT2D eigenvalue weighted by molar-refractivity contribution is 0.102. The van der Waals surface area contributed by atoms with Crippen LogP contribution >= 0.6 is 0 Å². The largest absolute Gasteiger partial charge is 0.336 e. The number of rotatable bonds is 3. The molecule has 0 atom stereocenters. The van der Waals surface area contributed by atoms with Crippen LogP contribution in [0.5, 0.6) is 0 Å². The Hall–Kier alpha value is -2.69. The van der Waals surface area contributed by atoms with E-state index in [2.05, 4.69) is 34.5 Å². The Bertz CT molecular complexity index is 977. The lowest BCUT2D eigenvalue weighted by Crippen LogP contribution is -2.15. The number of fused-ring (bicyclic) bond motifs is 1. The first-order valence-corrected chi connectivity index (χ1v) is 8.60. The number of carbonyl (C=O) groups excluding carboxylic acids is 1. The van der Waals surface area contributed by atoms with E-state index in [1.807, 2.05) is 26.8 Å². The van der Waals surface area contributed by atoms with E-state index in [0.717, 1.165) is 35.3 Å². The molecule has 4 rings (SSSR count). The number of aryl methyl sites for hydroxylation is 4. The third kappa shape index (κ3) is 2.80. The van der Waals surface area contributed by atoms with Gasteiger partial charge in [-0.3, -0.25) is 4.79 Å². The molecule has 1 amide bonds. The Morgan fingerprint density at radius 1 is 1.12 bits per heavy atom. The minimum absolute atomic E-state index is 0.143. The van der Waals surface area contributed by atoms with Crippen molar-refractivity contribution in [3.05, 3.63) is 51.8 Å². The van der Waals surface area contributed by atoms with E-state index >= 15 is 0 Å². The van der Waals surface area contributed by atoms with Gasteiger partial charge in [0, 0.05) is 17.3 Å². The van der Waals surface area contributed by atoms with E-state index in [1.165, 1.54) is 5.56 Å². The molecule has 1 aliphatic carbocycles. The third-order valence-corrected chi connectivity index (χ3v) is 4.79. The minimum atomic E-state index is -0.143. The second kappa shape index (κ2) is 5.69. The normalized spacial score (nSPS) is 14.1. The van der Waals surface area contributed by atoms with Crippen LogP contribution in [-0.2, 0) is 0 Å². The second-order valence-electron chi connectivity index (χ2n) is 7.04. The van der Waals surface area contributed by atoms with E-state index in [4.69, 9.17) is 4.52 Å². The number of amides is 1. The summed E-state index contributed by atoms with van der Waals surface area (Å²) in [7, 11) is 0. The van der Waals surface area contributed by atoms with Crippen LogP contribution in [0.2, 0.25) is 0 Å². The number of pyridine rings is 1. The van der Waals surface area contributed by atoms with E-state index in [9.17, 15) is 4.79 Å². The average Bonchev–Trinajstić information content (AvgIpc) is 3.34. The Morgan fingerprint density at radius 2 is 1.80 bits per heavy atom. The van der Waals surface area contributed by atoms with Crippen molar-refractivity contribution in [3.8, 4) is 0 Å². The second-order valence-corrected chi connectivity index (χ2v) is 7.04. The molecule has 0 radical (unpaired) electrons. The number of nitrogens with zero attached hydrogens (tertiary/aromatic N) is 2. The topological polar surface area (TPSA) is 68.0 Å². The molecule has 2 heterocycles. The number of benzene rings is 1. The van der Waals surface area contributed by atoms with Gasteiger partial charge in [0.2, 0.25) is 0 Å². The molecular weight excluding hydrogens is 314 g/mol. The van der Waals surface area contributed by atoms with Crippen molar-refractivity contribution in [2.75, 3.05) is 5.32 Å². The highest BCUT2D eigenvalue weighted by atomic mass is 16.5. The molecule has 1 aliphatic rings. The third-order valence-electron chi connectivity index (χ3n) is 4.79. The summed E-state index contributed by atoms with van der Waals surface area (Å²) in [6.45, 7) is 7.92. The molecule has 0 aliphatic heterocycles. The van der Waals surface area contributed by atoms with Crippen LogP contribution in [0.3, 0.4) is 0 Å². The van der Waals surface area contributed by atoms with Crippen LogP contribution in [-0.4, -0.2) is 16.0 Å². The first-order chi connectivity index (χ1) is 11.9. The fourth-order valence-corrected chi connectivity index (χ4v) is 3.44. The molecule has 0 spiro atoms. The summed E-state index contributed by atoms with van der Waals surface area (Å²) < 4.78 is 5.33. The van der Waals surface area contributed by atoms with Crippen LogP contribution in [0.25, 0.3) is 11.1 Å². The van der Waals surface area contributed by atoms with E-state index in [-0.39, 0.29) is 5.91 Å². The quantitative estimate of drug-likeness (QED) is 0.760. The maximum absolute atomic E-state index is 13.1. The SMILES string of the molecule is Cc1cc(C)c(NC(=O)c2cc(C3CC3)nc3onc(C)c23)c(C)c1. The van der Waals surface area contributed by atoms with Gasteiger partial charge in [0.05, 0.1) is 16.6 Å². The summed E-state index contributed by atoms with van der Waals surface area (Å²) in [4.78, 5) is 17.6. The maximum Gasteiger partial charge on any atom is 0.259 e. The minimum Gasteiger partial charge on any atom is -0.336 e. The molecule has 2 aromatic heterocycles. The van der Waals surface area contributed by atoms with Crippen LogP contribution < -0.4 is 5.32 Å². The molecule has 0 unspecified atom stereocenters. The van der Waals surface area contributed by atoms with Crippen LogP contribution in [0.1, 0.15) is 57.2 Å². The van der Waals surface area contributed by atoms with Gasteiger partial charge in [-0.25, -0.2) is 4.98 Å². The van der Waals surface area contributed by atoms with Gasteiger partial charge in [-0.05, 0) is 57.7 Å². The standard InChI is InChI=1S/C20H21N3O2/c1-10-7-11(2)18(12(3)8-10)22-19(24)15-9-16(14-5-6-14)21-20-17(15)13(4)23-25-20/h7-9,14H,5-6H2,1-4H3,(H,22,24). The number of hydrogen-bond donors (Lipinski definition) is 1. The molecule has 0 saturated heterocycles. The lowest BCUT2D eigenvalue weighted by atomic mass is 10.0. The van der Waals surface area contributed by atoms with E-state index < -0.39 is 0 Å². The monoisotopic (exact) mass is 335 g/mol. The smallest absolute Gasteiger partial charge is 0.259 e. The maximum atomic E-state index is 13.1. The van der Waals surface area contributed by atoms with E-state index in [1.54, 1.807) is 0 Å². The van der Waals surface area contributed by atoms with Crippen molar-refractivity contribution in [2.45, 2.75) is 46.5 Å². The van der Waals surface area contributed by atoms with Crippen LogP contribution in [0, 0.1) is 27.7 Å². The highest BCUT2D eigenvalue weighted by molar-refractivity contribution is 6.12. The summed E-state index contributed by atoms with van der Waals surface area (Å²) in [5, 5.41) is 7.78. The number of hydrogen-bond acceptors (Lipinski definition) is 4. The number of nitrogens with one attached hydrogen (secondary N) is 1. The van der Waals surface area contributed by atoms with Crippen LogP contribution in [0.15, 0.2) is 22.7 Å². The summed E-state index contributed by atoms with van der Waals surface area (Å²) in [6, 6.07) is 6.05. The van der Waals surface area contributed by atoms with Crippen molar-refractivity contribution in [1.29, 1.82) is 0 Å². The van der Waals surface area contributed by atoms with Crippen molar-refractivity contribution in [2.24, 2.45) is 0 Å². The van der Waals surface area contributed by atoms with Crippen molar-refractivity contribution in [3.63, 3.8) is 0 Å². The summed E-state index contributed by atoms with van der Waals surface area (Å²) in [5.41, 5.74) is 6.81. The molecule has 128 valence electrons. The molecule has 0 bridgehead atoms. The van der Waals surface area contributed by atoms with Gasteiger partial charge in [0.1, 0.15) is 0 Å². The Balaban J connectivity index is 1.78. The Labute approximate surface area is 146 Å². The van der Waals surface area contributed by atoms with Crippen LogP contribution in [0.4, 0.5) is 5.69 Å². The van der Waals surface area contributed by atoms with Gasteiger partial charge in [-0.2, -0.15) is 0 Å². The van der Waals surface area contributed by atoms with Gasteiger partial charge < -0.3 is 9.84 Å². The highest BCUT2D eigenvalue weighted by Gasteiger charge is 2.28. The Morgan fingerprint density at radius 3 is 2.44 bits per heavy atom. The number of carbonyl (C=O) groups is 1. The molecule has 5 heteroatoms. The first kappa shape index (κ1) is 15.8. The molecule has 3 aromatic rings. The molecule has 1 N–H and O–H groups in total. The molecule has 1 saturated carbocycles. The zero-order chi connectivity index (χ0) is 17.7. The molecule has 1 fully saturated rings. The van der Waals surface area contributed by atoms with Gasteiger partial charge in [-0.1, -0.05) is 22.9 Å². The predicted molar refractivity (Wildman–Crippen MR) is 97.1 cm³/mol. The summed E-state index contributed by atoms with van der Waals surface area (Å²) >= 11 is 0. The molecule has 1 aromatic carbocycles. The first-order valence-electron chi connectivity index (χ1n) is 8.60.